The Hall–Kier alpha value is -2.56. The highest BCUT2D eigenvalue weighted by atomic mass is 16.5. The number of aryl methyl sites for hydroxylation is 1. The molecule has 1 N–H and O–H groups in total. The molecule has 0 bridgehead atoms. The Balaban J connectivity index is 1.83. The first-order valence-electron chi connectivity index (χ1n) is 7.72. The first-order valence-corrected chi connectivity index (χ1v) is 7.72. The Morgan fingerprint density at radius 1 is 1.22 bits per heavy atom. The molecule has 120 valence electrons. The molecule has 3 rings (SSSR count). The number of aromatic amines is 1. The van der Waals surface area contributed by atoms with Gasteiger partial charge in [0, 0.05) is 18.3 Å². The number of amides is 1. The fourth-order valence-electron chi connectivity index (χ4n) is 2.58. The number of methoxy groups -OCH3 is 1. The molecule has 1 aliphatic carbocycles. The highest BCUT2D eigenvalue weighted by Gasteiger charge is 2.33. The lowest BCUT2D eigenvalue weighted by atomic mass is 10.1. The van der Waals surface area contributed by atoms with Crippen LogP contribution < -0.4 is 10.3 Å². The predicted molar refractivity (Wildman–Crippen MR) is 87.7 cm³/mol. The van der Waals surface area contributed by atoms with E-state index in [1.54, 1.807) is 31.1 Å². The van der Waals surface area contributed by atoms with Crippen molar-refractivity contribution in [3.63, 3.8) is 0 Å². The van der Waals surface area contributed by atoms with E-state index >= 15 is 0 Å². The molecule has 1 aliphatic rings. The van der Waals surface area contributed by atoms with Crippen molar-refractivity contribution in [2.24, 2.45) is 0 Å². The van der Waals surface area contributed by atoms with Crippen molar-refractivity contribution in [2.45, 2.75) is 32.4 Å². The lowest BCUT2D eigenvalue weighted by Gasteiger charge is -2.22. The van der Waals surface area contributed by atoms with Crippen molar-refractivity contribution in [3.8, 4) is 5.75 Å². The van der Waals surface area contributed by atoms with Crippen LogP contribution in [0.25, 0.3) is 0 Å². The second-order valence-electron chi connectivity index (χ2n) is 5.90. The smallest absolute Gasteiger partial charge is 0.260 e. The van der Waals surface area contributed by atoms with Gasteiger partial charge in [-0.25, -0.2) is 0 Å². The number of ether oxygens (including phenoxy) is 1. The summed E-state index contributed by atoms with van der Waals surface area (Å²) < 4.78 is 5.15. The number of carbonyl (C=O) groups excluding carboxylic acids is 1. The summed E-state index contributed by atoms with van der Waals surface area (Å²) in [7, 11) is 1.62. The van der Waals surface area contributed by atoms with E-state index < -0.39 is 0 Å². The molecule has 5 nitrogen and oxygen atoms in total. The fourth-order valence-corrected chi connectivity index (χ4v) is 2.58. The second kappa shape index (κ2) is 6.28. The van der Waals surface area contributed by atoms with Crippen LogP contribution in [0.3, 0.4) is 0 Å². The van der Waals surface area contributed by atoms with Crippen molar-refractivity contribution in [2.75, 3.05) is 7.11 Å². The van der Waals surface area contributed by atoms with E-state index in [0.717, 1.165) is 29.8 Å². The first kappa shape index (κ1) is 15.3. The number of aromatic nitrogens is 1. The molecule has 23 heavy (non-hydrogen) atoms. The third-order valence-electron chi connectivity index (χ3n) is 4.05. The van der Waals surface area contributed by atoms with Gasteiger partial charge in [-0.3, -0.25) is 9.59 Å². The van der Waals surface area contributed by atoms with E-state index in [4.69, 9.17) is 4.74 Å². The Kier molecular flexibility index (Phi) is 4.19. The molecule has 0 unspecified atom stereocenters. The molecule has 1 aromatic carbocycles. The van der Waals surface area contributed by atoms with Crippen LogP contribution in [0.4, 0.5) is 0 Å². The van der Waals surface area contributed by atoms with Gasteiger partial charge in [0.1, 0.15) is 11.3 Å². The maximum absolute atomic E-state index is 12.8. The number of nitrogens with zero attached hydrogens (tertiary/aromatic N) is 1. The average molecular weight is 312 g/mol. The molecule has 2 aromatic rings. The molecule has 0 radical (unpaired) electrons. The Morgan fingerprint density at radius 3 is 2.48 bits per heavy atom. The normalized spacial score (nSPS) is 13.7. The van der Waals surface area contributed by atoms with Gasteiger partial charge in [0.05, 0.1) is 7.11 Å². The summed E-state index contributed by atoms with van der Waals surface area (Å²) in [5, 5.41) is 0. The first-order chi connectivity index (χ1) is 11.1. The van der Waals surface area contributed by atoms with Crippen LogP contribution in [0.1, 0.15) is 34.5 Å². The highest BCUT2D eigenvalue weighted by molar-refractivity contribution is 5.94. The van der Waals surface area contributed by atoms with E-state index in [2.05, 4.69) is 4.98 Å². The number of benzene rings is 1. The van der Waals surface area contributed by atoms with Gasteiger partial charge in [0.2, 0.25) is 0 Å². The van der Waals surface area contributed by atoms with Crippen molar-refractivity contribution in [1.29, 1.82) is 0 Å². The summed E-state index contributed by atoms with van der Waals surface area (Å²) in [6, 6.07) is 11.2. The lowest BCUT2D eigenvalue weighted by molar-refractivity contribution is 0.0728. The summed E-state index contributed by atoms with van der Waals surface area (Å²) in [5.74, 6) is 0.581. The van der Waals surface area contributed by atoms with Gasteiger partial charge in [-0.2, -0.15) is 0 Å². The molecular formula is C18H20N2O3. The van der Waals surface area contributed by atoms with E-state index in [-0.39, 0.29) is 23.1 Å². The minimum absolute atomic E-state index is 0.204. The Morgan fingerprint density at radius 2 is 1.91 bits per heavy atom. The predicted octanol–water partition coefficient (Wildman–Crippen LogP) is 2.50. The third kappa shape index (κ3) is 3.44. The highest BCUT2D eigenvalue weighted by Crippen LogP contribution is 2.29. The Bertz CT molecular complexity index is 761. The maximum atomic E-state index is 12.8. The van der Waals surface area contributed by atoms with Crippen LogP contribution in [-0.4, -0.2) is 28.9 Å². The van der Waals surface area contributed by atoms with Gasteiger partial charge in [-0.05, 0) is 49.6 Å². The SMILES string of the molecule is COc1ccc(CN(C(=O)c2ccc(C)[nH]c2=O)C2CC2)cc1. The number of pyridine rings is 1. The number of rotatable bonds is 5. The zero-order valence-electron chi connectivity index (χ0n) is 13.3. The molecule has 0 saturated heterocycles. The number of hydrogen-bond acceptors (Lipinski definition) is 3. The standard InChI is InChI=1S/C18H20N2O3/c1-12-3-10-16(17(21)19-12)18(22)20(14-6-7-14)11-13-4-8-15(23-2)9-5-13/h3-5,8-10,14H,6-7,11H2,1-2H3,(H,19,21). The summed E-state index contributed by atoms with van der Waals surface area (Å²) in [6.45, 7) is 2.30. The molecule has 5 heteroatoms. The second-order valence-corrected chi connectivity index (χ2v) is 5.90. The van der Waals surface area contributed by atoms with Gasteiger partial charge in [-0.1, -0.05) is 12.1 Å². The minimum atomic E-state index is -0.324. The Labute approximate surface area is 134 Å². The fraction of sp³-hybridized carbons (Fsp3) is 0.333. The van der Waals surface area contributed by atoms with Crippen molar-refractivity contribution in [3.05, 3.63) is 63.6 Å². The van der Waals surface area contributed by atoms with Crippen LogP contribution >= 0.6 is 0 Å². The largest absolute Gasteiger partial charge is 0.497 e. The lowest BCUT2D eigenvalue weighted by Crippen LogP contribution is -2.36. The van der Waals surface area contributed by atoms with Crippen LogP contribution in [0.15, 0.2) is 41.2 Å². The van der Waals surface area contributed by atoms with E-state index in [1.165, 1.54) is 0 Å². The van der Waals surface area contributed by atoms with Gasteiger partial charge < -0.3 is 14.6 Å². The van der Waals surface area contributed by atoms with E-state index in [1.807, 2.05) is 24.3 Å². The monoisotopic (exact) mass is 312 g/mol. The van der Waals surface area contributed by atoms with Crippen molar-refractivity contribution < 1.29 is 9.53 Å². The van der Waals surface area contributed by atoms with Gasteiger partial charge in [0.25, 0.3) is 11.5 Å². The number of hydrogen-bond donors (Lipinski definition) is 1. The molecule has 1 fully saturated rings. The zero-order chi connectivity index (χ0) is 16.4. The summed E-state index contributed by atoms with van der Waals surface area (Å²) in [4.78, 5) is 29.3. The third-order valence-corrected chi connectivity index (χ3v) is 4.05. The molecular weight excluding hydrogens is 292 g/mol. The minimum Gasteiger partial charge on any atom is -0.497 e. The van der Waals surface area contributed by atoms with Gasteiger partial charge in [-0.15, -0.1) is 0 Å². The molecule has 0 atom stereocenters. The summed E-state index contributed by atoms with van der Waals surface area (Å²) in [6.07, 6.45) is 1.98. The molecule has 1 amide bonds. The molecule has 0 aliphatic heterocycles. The summed E-state index contributed by atoms with van der Waals surface area (Å²) in [5.41, 5.74) is 1.65. The topological polar surface area (TPSA) is 62.4 Å². The van der Waals surface area contributed by atoms with E-state index in [0.29, 0.717) is 6.54 Å². The molecule has 1 aromatic heterocycles. The van der Waals surface area contributed by atoms with Crippen LogP contribution in [0, 0.1) is 6.92 Å². The maximum Gasteiger partial charge on any atom is 0.260 e. The van der Waals surface area contributed by atoms with Crippen LogP contribution in [0.2, 0.25) is 0 Å². The van der Waals surface area contributed by atoms with Gasteiger partial charge in [0.15, 0.2) is 0 Å². The van der Waals surface area contributed by atoms with Crippen molar-refractivity contribution in [1.82, 2.24) is 9.88 Å². The molecule has 1 saturated carbocycles. The van der Waals surface area contributed by atoms with Crippen LogP contribution in [0.5, 0.6) is 5.75 Å². The number of carbonyl (C=O) groups is 1. The average Bonchev–Trinajstić information content (AvgIpc) is 3.37. The molecule has 1 heterocycles. The quantitative estimate of drug-likeness (QED) is 0.922. The zero-order valence-corrected chi connectivity index (χ0v) is 13.3. The van der Waals surface area contributed by atoms with Crippen LogP contribution in [-0.2, 0) is 6.54 Å². The molecule has 0 spiro atoms. The number of nitrogens with one attached hydrogen (secondary N) is 1. The van der Waals surface area contributed by atoms with Gasteiger partial charge >= 0.3 is 0 Å². The van der Waals surface area contributed by atoms with E-state index in [9.17, 15) is 9.59 Å². The van der Waals surface area contributed by atoms with Crippen molar-refractivity contribution >= 4 is 5.91 Å². The summed E-state index contributed by atoms with van der Waals surface area (Å²) >= 11 is 0. The number of H-pyrrole nitrogens is 1.